The number of rotatable bonds is 1. The Labute approximate surface area is 131 Å². The van der Waals surface area contributed by atoms with Crippen molar-refractivity contribution in [2.45, 2.75) is 19.3 Å². The highest BCUT2D eigenvalue weighted by Gasteiger charge is 2.37. The number of pyridine rings is 2. The van der Waals surface area contributed by atoms with Crippen molar-refractivity contribution >= 4 is 29.0 Å². The van der Waals surface area contributed by atoms with E-state index in [1.165, 1.54) is 43.4 Å². The molecule has 0 atom stereocenters. The molecule has 112 valence electrons. The number of fused-ring (bicyclic) bond motifs is 1. The van der Waals surface area contributed by atoms with Gasteiger partial charge < -0.3 is 10.2 Å². The Balaban J connectivity index is 0.00000132. The standard InChI is InChI=1S/C16H20N4.ClH/c1-6-17-11-14-13(1)15(2-7-19-14)20-9-4-16(5-10-20)3-8-18-12-16;/h1-2,6-7,11,18H,3-5,8-10,12H2;1H. The number of hydrogen-bond donors (Lipinski definition) is 1. The number of halogens is 1. The Morgan fingerprint density at radius 1 is 1.10 bits per heavy atom. The van der Waals surface area contributed by atoms with Crippen LogP contribution in [0.5, 0.6) is 0 Å². The fraction of sp³-hybridized carbons (Fsp3) is 0.500. The van der Waals surface area contributed by atoms with E-state index in [4.69, 9.17) is 0 Å². The third-order valence-corrected chi connectivity index (χ3v) is 5.02. The van der Waals surface area contributed by atoms with Gasteiger partial charge in [-0.2, -0.15) is 0 Å². The zero-order valence-corrected chi connectivity index (χ0v) is 12.9. The summed E-state index contributed by atoms with van der Waals surface area (Å²) in [6, 6.07) is 4.23. The van der Waals surface area contributed by atoms with Gasteiger partial charge in [-0.25, -0.2) is 0 Å². The number of anilines is 1. The summed E-state index contributed by atoms with van der Waals surface area (Å²) in [7, 11) is 0. The summed E-state index contributed by atoms with van der Waals surface area (Å²) in [4.78, 5) is 11.1. The van der Waals surface area contributed by atoms with Crippen molar-refractivity contribution in [3.05, 3.63) is 30.7 Å². The van der Waals surface area contributed by atoms with E-state index in [0.717, 1.165) is 18.6 Å². The number of piperidine rings is 1. The lowest BCUT2D eigenvalue weighted by Gasteiger charge is -2.40. The first-order valence-electron chi connectivity index (χ1n) is 7.51. The van der Waals surface area contributed by atoms with Gasteiger partial charge in [-0.05, 0) is 43.4 Å². The molecule has 4 heterocycles. The molecule has 0 aromatic carbocycles. The van der Waals surface area contributed by atoms with E-state index in [0.29, 0.717) is 5.41 Å². The average molecular weight is 305 g/mol. The summed E-state index contributed by atoms with van der Waals surface area (Å²) in [5, 5.41) is 4.76. The topological polar surface area (TPSA) is 41.0 Å². The van der Waals surface area contributed by atoms with Crippen molar-refractivity contribution < 1.29 is 0 Å². The van der Waals surface area contributed by atoms with Crippen molar-refractivity contribution in [2.75, 3.05) is 31.1 Å². The van der Waals surface area contributed by atoms with E-state index in [1.807, 2.05) is 18.6 Å². The van der Waals surface area contributed by atoms with Gasteiger partial charge in [-0.1, -0.05) is 0 Å². The predicted octanol–water partition coefficient (Wildman–Crippen LogP) is 2.63. The molecule has 2 aliphatic heterocycles. The van der Waals surface area contributed by atoms with Crippen molar-refractivity contribution in [3.8, 4) is 0 Å². The lowest BCUT2D eigenvalue weighted by atomic mass is 9.77. The molecule has 0 unspecified atom stereocenters. The van der Waals surface area contributed by atoms with Crippen LogP contribution in [0.25, 0.3) is 10.9 Å². The molecule has 1 N–H and O–H groups in total. The van der Waals surface area contributed by atoms with Gasteiger partial charge in [0.15, 0.2) is 0 Å². The third kappa shape index (κ3) is 2.58. The second-order valence-corrected chi connectivity index (χ2v) is 6.14. The summed E-state index contributed by atoms with van der Waals surface area (Å²) in [6.07, 6.45) is 9.57. The van der Waals surface area contributed by atoms with Crippen molar-refractivity contribution in [3.63, 3.8) is 0 Å². The van der Waals surface area contributed by atoms with Crippen molar-refractivity contribution in [1.82, 2.24) is 15.3 Å². The number of aromatic nitrogens is 2. The molecule has 0 amide bonds. The molecule has 1 spiro atoms. The smallest absolute Gasteiger partial charge is 0.0905 e. The Morgan fingerprint density at radius 3 is 2.71 bits per heavy atom. The second kappa shape index (κ2) is 5.78. The SMILES string of the molecule is Cl.c1cc2c(N3CCC4(CCNC4)CC3)ccnc2cn1. The number of hydrogen-bond acceptors (Lipinski definition) is 4. The molecule has 2 aromatic heterocycles. The maximum atomic E-state index is 4.41. The highest BCUT2D eigenvalue weighted by Crippen LogP contribution is 2.39. The predicted molar refractivity (Wildman–Crippen MR) is 88.2 cm³/mol. The van der Waals surface area contributed by atoms with E-state index < -0.39 is 0 Å². The van der Waals surface area contributed by atoms with Crippen LogP contribution in [0, 0.1) is 5.41 Å². The zero-order chi connectivity index (χ0) is 13.4. The van der Waals surface area contributed by atoms with E-state index in [2.05, 4.69) is 32.3 Å². The van der Waals surface area contributed by atoms with Crippen molar-refractivity contribution in [1.29, 1.82) is 0 Å². The van der Waals surface area contributed by atoms with Crippen LogP contribution in [-0.2, 0) is 0 Å². The van der Waals surface area contributed by atoms with Gasteiger partial charge in [-0.15, -0.1) is 12.4 Å². The molecule has 0 radical (unpaired) electrons. The van der Waals surface area contributed by atoms with Crippen LogP contribution < -0.4 is 10.2 Å². The minimum absolute atomic E-state index is 0. The Hall–Kier alpha value is -1.39. The first-order chi connectivity index (χ1) is 9.86. The van der Waals surface area contributed by atoms with Crippen LogP contribution in [0.4, 0.5) is 5.69 Å². The van der Waals surface area contributed by atoms with E-state index in [1.54, 1.807) is 0 Å². The van der Waals surface area contributed by atoms with Crippen LogP contribution >= 0.6 is 12.4 Å². The summed E-state index contributed by atoms with van der Waals surface area (Å²) < 4.78 is 0. The highest BCUT2D eigenvalue weighted by atomic mass is 35.5. The van der Waals surface area contributed by atoms with Gasteiger partial charge in [0, 0.05) is 43.1 Å². The first-order valence-corrected chi connectivity index (χ1v) is 7.51. The molecule has 0 aliphatic carbocycles. The van der Waals surface area contributed by atoms with Crippen LogP contribution in [0.3, 0.4) is 0 Å². The van der Waals surface area contributed by atoms with Gasteiger partial charge in [-0.3, -0.25) is 9.97 Å². The molecule has 0 bridgehead atoms. The van der Waals surface area contributed by atoms with Gasteiger partial charge in [0.05, 0.1) is 11.7 Å². The highest BCUT2D eigenvalue weighted by molar-refractivity contribution is 5.90. The van der Waals surface area contributed by atoms with Crippen LogP contribution in [-0.4, -0.2) is 36.1 Å². The van der Waals surface area contributed by atoms with Crippen LogP contribution in [0.15, 0.2) is 30.7 Å². The largest absolute Gasteiger partial charge is 0.371 e. The lowest BCUT2D eigenvalue weighted by Crippen LogP contribution is -2.41. The molecule has 0 saturated carbocycles. The van der Waals surface area contributed by atoms with Gasteiger partial charge in [0.1, 0.15) is 0 Å². The molecule has 2 aliphatic rings. The second-order valence-electron chi connectivity index (χ2n) is 6.14. The Kier molecular flexibility index (Phi) is 4.00. The van der Waals surface area contributed by atoms with Crippen LogP contribution in [0.1, 0.15) is 19.3 Å². The maximum absolute atomic E-state index is 4.41. The molecule has 21 heavy (non-hydrogen) atoms. The molecular weight excluding hydrogens is 284 g/mol. The molecular formula is C16H21ClN4. The molecule has 2 saturated heterocycles. The monoisotopic (exact) mass is 304 g/mol. The van der Waals surface area contributed by atoms with Crippen LogP contribution in [0.2, 0.25) is 0 Å². The third-order valence-electron chi connectivity index (χ3n) is 5.02. The summed E-state index contributed by atoms with van der Waals surface area (Å²) in [5.74, 6) is 0. The Bertz CT molecular complexity index is 609. The summed E-state index contributed by atoms with van der Waals surface area (Å²) in [6.45, 7) is 4.72. The number of nitrogens with zero attached hydrogens (tertiary/aromatic N) is 3. The summed E-state index contributed by atoms with van der Waals surface area (Å²) in [5.41, 5.74) is 2.88. The number of nitrogens with one attached hydrogen (secondary N) is 1. The fourth-order valence-electron chi connectivity index (χ4n) is 3.70. The minimum atomic E-state index is 0. The van der Waals surface area contributed by atoms with Gasteiger partial charge in [0.25, 0.3) is 0 Å². The molecule has 4 nitrogen and oxygen atoms in total. The first kappa shape index (κ1) is 14.5. The zero-order valence-electron chi connectivity index (χ0n) is 12.1. The van der Waals surface area contributed by atoms with Crippen molar-refractivity contribution in [2.24, 2.45) is 5.41 Å². The van der Waals surface area contributed by atoms with E-state index in [9.17, 15) is 0 Å². The molecule has 2 aromatic rings. The van der Waals surface area contributed by atoms with Gasteiger partial charge in [0.2, 0.25) is 0 Å². The maximum Gasteiger partial charge on any atom is 0.0905 e. The van der Waals surface area contributed by atoms with E-state index >= 15 is 0 Å². The minimum Gasteiger partial charge on any atom is -0.371 e. The Morgan fingerprint density at radius 2 is 1.95 bits per heavy atom. The fourth-order valence-corrected chi connectivity index (χ4v) is 3.70. The lowest BCUT2D eigenvalue weighted by molar-refractivity contribution is 0.247. The van der Waals surface area contributed by atoms with E-state index in [-0.39, 0.29) is 12.4 Å². The molecule has 2 fully saturated rings. The summed E-state index contributed by atoms with van der Waals surface area (Å²) >= 11 is 0. The normalized spacial score (nSPS) is 20.7. The molecule has 4 rings (SSSR count). The van der Waals surface area contributed by atoms with Gasteiger partial charge >= 0.3 is 0 Å². The quantitative estimate of drug-likeness (QED) is 0.879. The average Bonchev–Trinajstić information content (AvgIpc) is 2.96. The molecule has 5 heteroatoms.